The van der Waals surface area contributed by atoms with Gasteiger partial charge in [-0.2, -0.15) is 9.78 Å². The van der Waals surface area contributed by atoms with Crippen molar-refractivity contribution in [2.45, 2.75) is 39.7 Å². The van der Waals surface area contributed by atoms with Gasteiger partial charge in [0.2, 0.25) is 5.95 Å². The van der Waals surface area contributed by atoms with Crippen LogP contribution in [0.2, 0.25) is 5.02 Å². The van der Waals surface area contributed by atoms with E-state index in [2.05, 4.69) is 35.8 Å². The summed E-state index contributed by atoms with van der Waals surface area (Å²) in [7, 11) is 0. The van der Waals surface area contributed by atoms with Crippen LogP contribution in [0.3, 0.4) is 0 Å². The number of imidazole rings is 1. The molecule has 0 atom stereocenters. The number of fused-ring (bicyclic) bond motifs is 1. The Labute approximate surface area is 215 Å². The lowest BCUT2D eigenvalue weighted by molar-refractivity contribution is 0.102. The van der Waals surface area contributed by atoms with Gasteiger partial charge in [-0.1, -0.05) is 68.8 Å². The van der Waals surface area contributed by atoms with E-state index in [1.165, 1.54) is 5.56 Å². The van der Waals surface area contributed by atoms with Crippen molar-refractivity contribution in [2.24, 2.45) is 0 Å². The lowest BCUT2D eigenvalue weighted by Gasteiger charge is -2.19. The number of benzene rings is 3. The molecule has 0 aliphatic rings. The number of carbonyl (C=O) groups is 1. The highest BCUT2D eigenvalue weighted by Crippen LogP contribution is 2.26. The van der Waals surface area contributed by atoms with Gasteiger partial charge in [0.15, 0.2) is 0 Å². The van der Waals surface area contributed by atoms with Crippen molar-refractivity contribution in [3.05, 3.63) is 106 Å². The molecule has 0 spiro atoms. The minimum absolute atomic E-state index is 0.0206. The van der Waals surface area contributed by atoms with Gasteiger partial charge in [-0.15, -0.1) is 0 Å². The molecule has 3 aromatic carbocycles. The molecule has 182 valence electrons. The minimum Gasteiger partial charge on any atom is -0.306 e. The molecule has 6 nitrogen and oxygen atoms in total. The Kier molecular flexibility index (Phi) is 6.14. The van der Waals surface area contributed by atoms with E-state index in [9.17, 15) is 4.79 Å². The normalized spacial score (nSPS) is 11.7. The summed E-state index contributed by atoms with van der Waals surface area (Å²) >= 11 is 6.25. The van der Waals surface area contributed by atoms with Gasteiger partial charge in [0, 0.05) is 16.7 Å². The zero-order chi connectivity index (χ0) is 25.4. The first-order valence-electron chi connectivity index (χ1n) is 11.9. The van der Waals surface area contributed by atoms with Crippen LogP contribution in [0.1, 0.15) is 48.0 Å². The molecule has 0 aliphatic heterocycles. The molecule has 0 bridgehead atoms. The first kappa shape index (κ1) is 23.8. The van der Waals surface area contributed by atoms with E-state index in [0.717, 1.165) is 22.3 Å². The number of amides is 1. The molecule has 0 fully saturated rings. The number of rotatable bonds is 5. The van der Waals surface area contributed by atoms with E-state index in [-0.39, 0.29) is 11.3 Å². The van der Waals surface area contributed by atoms with Crippen LogP contribution < -0.4 is 5.32 Å². The molecule has 0 radical (unpaired) electrons. The molecule has 0 saturated carbocycles. The summed E-state index contributed by atoms with van der Waals surface area (Å²) < 4.78 is 3.78. The molecule has 5 aromatic rings. The zero-order valence-electron chi connectivity index (χ0n) is 20.8. The first-order valence-corrected chi connectivity index (χ1v) is 12.3. The average molecular weight is 498 g/mol. The third kappa shape index (κ3) is 4.77. The van der Waals surface area contributed by atoms with Crippen LogP contribution in [0.15, 0.2) is 78.9 Å². The van der Waals surface area contributed by atoms with Gasteiger partial charge in [-0.05, 0) is 59.9 Å². The first-order chi connectivity index (χ1) is 17.2. The molecule has 0 unspecified atom stereocenters. The lowest BCUT2D eigenvalue weighted by Crippen LogP contribution is -2.18. The van der Waals surface area contributed by atoms with Crippen molar-refractivity contribution in [1.29, 1.82) is 0 Å². The van der Waals surface area contributed by atoms with Crippen LogP contribution in [0.4, 0.5) is 5.82 Å². The van der Waals surface area contributed by atoms with Crippen LogP contribution in [0.25, 0.3) is 17.0 Å². The summed E-state index contributed by atoms with van der Waals surface area (Å²) in [6, 6.07) is 25.3. The fourth-order valence-electron chi connectivity index (χ4n) is 4.25. The number of aryl methyl sites for hydroxylation is 1. The molecule has 1 amide bonds. The minimum atomic E-state index is -0.200. The summed E-state index contributed by atoms with van der Waals surface area (Å²) in [4.78, 5) is 18.0. The highest BCUT2D eigenvalue weighted by molar-refractivity contribution is 6.30. The second kappa shape index (κ2) is 9.28. The number of nitrogens with zero attached hydrogens (tertiary/aromatic N) is 4. The smallest absolute Gasteiger partial charge is 0.256 e. The molecule has 36 heavy (non-hydrogen) atoms. The fourth-order valence-corrected chi connectivity index (χ4v) is 4.46. The van der Waals surface area contributed by atoms with E-state index < -0.39 is 0 Å². The third-order valence-electron chi connectivity index (χ3n) is 6.14. The third-order valence-corrected chi connectivity index (χ3v) is 6.37. The van der Waals surface area contributed by atoms with E-state index in [4.69, 9.17) is 16.6 Å². The maximum absolute atomic E-state index is 13.2. The summed E-state index contributed by atoms with van der Waals surface area (Å²) in [5, 5.41) is 8.40. The molecule has 7 heteroatoms. The van der Waals surface area contributed by atoms with Crippen LogP contribution in [-0.2, 0) is 12.0 Å². The highest BCUT2D eigenvalue weighted by atomic mass is 35.5. The van der Waals surface area contributed by atoms with Crippen LogP contribution >= 0.6 is 11.6 Å². The highest BCUT2D eigenvalue weighted by Gasteiger charge is 2.20. The van der Waals surface area contributed by atoms with Crippen LogP contribution in [0, 0.1) is 6.92 Å². The Hall–Kier alpha value is -3.90. The SMILES string of the molecule is Cc1cc(NC(=O)c2ccc(C(C)(C)C)cc2)n(-c2nc3ccccc3n2Cc2cccc(Cl)c2)n1. The molecule has 5 rings (SSSR count). The van der Waals surface area contributed by atoms with Crippen molar-refractivity contribution in [2.75, 3.05) is 5.32 Å². The van der Waals surface area contributed by atoms with Gasteiger partial charge in [-0.25, -0.2) is 4.98 Å². The van der Waals surface area contributed by atoms with Gasteiger partial charge in [-0.3, -0.25) is 4.79 Å². The van der Waals surface area contributed by atoms with Crippen molar-refractivity contribution in [3.8, 4) is 5.95 Å². The average Bonchev–Trinajstić information content (AvgIpc) is 3.38. The van der Waals surface area contributed by atoms with Crippen molar-refractivity contribution >= 4 is 34.4 Å². The maximum atomic E-state index is 13.2. The Morgan fingerprint density at radius 3 is 2.44 bits per heavy atom. The molecule has 2 heterocycles. The number of hydrogen-bond donors (Lipinski definition) is 1. The van der Waals surface area contributed by atoms with Gasteiger partial charge < -0.3 is 9.88 Å². The Morgan fingerprint density at radius 1 is 0.972 bits per heavy atom. The summed E-state index contributed by atoms with van der Waals surface area (Å²) in [5.74, 6) is 0.969. The number of anilines is 1. The molecular weight excluding hydrogens is 470 g/mol. The number of aromatic nitrogens is 4. The van der Waals surface area contributed by atoms with Gasteiger partial charge in [0.1, 0.15) is 5.82 Å². The Balaban J connectivity index is 1.53. The number of halogens is 1. The van der Waals surface area contributed by atoms with Crippen molar-refractivity contribution < 1.29 is 4.79 Å². The Bertz CT molecular complexity index is 1560. The number of carbonyl (C=O) groups excluding carboxylic acids is 1. The standard InChI is InChI=1S/C29H28ClN5O/c1-19-16-26(32-27(36)21-12-14-22(15-13-21)29(2,3)4)35(33-19)28-31-24-10-5-6-11-25(24)34(28)18-20-8-7-9-23(30)17-20/h5-17H,18H2,1-4H3,(H,32,36). The summed E-state index contributed by atoms with van der Waals surface area (Å²) in [5.41, 5.74) is 5.41. The van der Waals surface area contributed by atoms with Crippen molar-refractivity contribution in [3.63, 3.8) is 0 Å². The molecule has 0 saturated heterocycles. The van der Waals surface area contributed by atoms with Gasteiger partial charge in [0.25, 0.3) is 5.91 Å². The number of para-hydroxylation sites is 2. The zero-order valence-corrected chi connectivity index (χ0v) is 21.5. The summed E-state index contributed by atoms with van der Waals surface area (Å²) in [6.45, 7) is 8.90. The van der Waals surface area contributed by atoms with E-state index >= 15 is 0 Å². The van der Waals surface area contributed by atoms with Crippen LogP contribution in [0.5, 0.6) is 0 Å². The van der Waals surface area contributed by atoms with Gasteiger partial charge >= 0.3 is 0 Å². The second-order valence-corrected chi connectivity index (χ2v) is 10.4. The van der Waals surface area contributed by atoms with Crippen LogP contribution in [-0.4, -0.2) is 25.2 Å². The van der Waals surface area contributed by atoms with Gasteiger partial charge in [0.05, 0.1) is 23.3 Å². The van der Waals surface area contributed by atoms with E-state index in [1.807, 2.05) is 85.8 Å². The second-order valence-electron chi connectivity index (χ2n) is 9.98. The van der Waals surface area contributed by atoms with E-state index in [0.29, 0.717) is 28.9 Å². The predicted octanol–water partition coefficient (Wildman–Crippen LogP) is 6.78. The largest absolute Gasteiger partial charge is 0.306 e. The quantitative estimate of drug-likeness (QED) is 0.291. The monoisotopic (exact) mass is 497 g/mol. The Morgan fingerprint density at radius 2 is 1.72 bits per heavy atom. The van der Waals surface area contributed by atoms with E-state index in [1.54, 1.807) is 4.68 Å². The molecular formula is C29H28ClN5O. The predicted molar refractivity (Wildman–Crippen MR) is 145 cm³/mol. The van der Waals surface area contributed by atoms with Crippen molar-refractivity contribution in [1.82, 2.24) is 19.3 Å². The summed E-state index contributed by atoms with van der Waals surface area (Å²) in [6.07, 6.45) is 0. The number of nitrogens with one attached hydrogen (secondary N) is 1. The molecule has 2 aromatic heterocycles. The molecule has 0 aliphatic carbocycles. The fraction of sp³-hybridized carbons (Fsp3) is 0.207. The molecule has 1 N–H and O–H groups in total. The lowest BCUT2D eigenvalue weighted by atomic mass is 9.87. The maximum Gasteiger partial charge on any atom is 0.256 e. The topological polar surface area (TPSA) is 64.7 Å². The number of hydrogen-bond acceptors (Lipinski definition) is 3.